The number of aliphatic hydroxyl groups is 1. The lowest BCUT2D eigenvalue weighted by Crippen LogP contribution is -2.33. The standard InChI is InChI=1S/C26H29NO4/c1-19-10-8-13-22-23(19)16-21(17-24(22)30-18-20-11-6-5-7-12-20)27(14-9-15-28)25(29)31-26(2,3)4/h5-14,16-17,28H,15,18H2,1-4H3/b14-9+. The maximum atomic E-state index is 12.9. The smallest absolute Gasteiger partial charge is 0.418 e. The fourth-order valence-electron chi connectivity index (χ4n) is 3.20. The van der Waals surface area contributed by atoms with Crippen LogP contribution in [0.5, 0.6) is 5.75 Å². The molecule has 0 bridgehead atoms. The summed E-state index contributed by atoms with van der Waals surface area (Å²) >= 11 is 0. The predicted molar refractivity (Wildman–Crippen MR) is 124 cm³/mol. The maximum Gasteiger partial charge on any atom is 0.418 e. The van der Waals surface area contributed by atoms with Crippen LogP contribution in [0, 0.1) is 6.92 Å². The third-order valence-electron chi connectivity index (χ3n) is 4.63. The van der Waals surface area contributed by atoms with E-state index >= 15 is 0 Å². The van der Waals surface area contributed by atoms with Crippen LogP contribution in [0.15, 0.2) is 72.9 Å². The van der Waals surface area contributed by atoms with Crippen LogP contribution in [-0.4, -0.2) is 23.4 Å². The maximum absolute atomic E-state index is 12.9. The molecule has 0 atom stereocenters. The number of carbonyl (C=O) groups excluding carboxylic acids is 1. The van der Waals surface area contributed by atoms with Gasteiger partial charge in [-0.05, 0) is 56.4 Å². The van der Waals surface area contributed by atoms with Crippen molar-refractivity contribution >= 4 is 22.6 Å². The topological polar surface area (TPSA) is 59.0 Å². The molecule has 5 heteroatoms. The molecule has 0 unspecified atom stereocenters. The van der Waals surface area contributed by atoms with Gasteiger partial charge in [-0.1, -0.05) is 48.5 Å². The number of benzene rings is 3. The number of nitrogens with zero attached hydrogens (tertiary/aromatic N) is 1. The molecule has 31 heavy (non-hydrogen) atoms. The number of carbonyl (C=O) groups is 1. The van der Waals surface area contributed by atoms with Crippen LogP contribution in [0.4, 0.5) is 10.5 Å². The second kappa shape index (κ2) is 9.67. The molecule has 0 saturated heterocycles. The summed E-state index contributed by atoms with van der Waals surface area (Å²) in [7, 11) is 0. The van der Waals surface area contributed by atoms with Crippen LogP contribution in [0.1, 0.15) is 31.9 Å². The van der Waals surface area contributed by atoms with E-state index in [1.807, 2.05) is 88.4 Å². The van der Waals surface area contributed by atoms with Gasteiger partial charge < -0.3 is 14.6 Å². The molecule has 0 aliphatic rings. The summed E-state index contributed by atoms with van der Waals surface area (Å²) in [5.41, 5.74) is 2.07. The number of aryl methyl sites for hydroxylation is 1. The number of anilines is 1. The lowest BCUT2D eigenvalue weighted by atomic mass is 10.0. The highest BCUT2D eigenvalue weighted by atomic mass is 16.6. The summed E-state index contributed by atoms with van der Waals surface area (Å²) in [4.78, 5) is 14.3. The minimum atomic E-state index is -0.651. The Labute approximate surface area is 183 Å². The highest BCUT2D eigenvalue weighted by Crippen LogP contribution is 2.35. The van der Waals surface area contributed by atoms with Crippen LogP contribution < -0.4 is 9.64 Å². The highest BCUT2D eigenvalue weighted by molar-refractivity contribution is 5.98. The largest absolute Gasteiger partial charge is 0.488 e. The van der Waals surface area contributed by atoms with Gasteiger partial charge in [0.1, 0.15) is 18.0 Å². The summed E-state index contributed by atoms with van der Waals surface area (Å²) in [5.74, 6) is 0.672. The second-order valence-corrected chi connectivity index (χ2v) is 8.31. The van der Waals surface area contributed by atoms with Crippen molar-refractivity contribution in [1.82, 2.24) is 0 Å². The third-order valence-corrected chi connectivity index (χ3v) is 4.63. The average molecular weight is 420 g/mol. The molecule has 0 aliphatic carbocycles. The molecule has 1 amide bonds. The van der Waals surface area contributed by atoms with Gasteiger partial charge in [-0.3, -0.25) is 4.90 Å². The van der Waals surface area contributed by atoms with Crippen LogP contribution in [0.25, 0.3) is 10.8 Å². The van der Waals surface area contributed by atoms with E-state index in [0.29, 0.717) is 18.0 Å². The zero-order valence-electron chi connectivity index (χ0n) is 18.5. The van der Waals surface area contributed by atoms with Gasteiger partial charge in [0.2, 0.25) is 0 Å². The summed E-state index contributed by atoms with van der Waals surface area (Å²) in [6, 6.07) is 19.7. The van der Waals surface area contributed by atoms with Gasteiger partial charge in [0, 0.05) is 17.7 Å². The quantitative estimate of drug-likeness (QED) is 0.534. The minimum absolute atomic E-state index is 0.191. The average Bonchev–Trinajstić information content (AvgIpc) is 2.72. The number of hydrogen-bond donors (Lipinski definition) is 1. The van der Waals surface area contributed by atoms with Crippen LogP contribution in [0.3, 0.4) is 0 Å². The Balaban J connectivity index is 2.06. The van der Waals surface area contributed by atoms with E-state index in [9.17, 15) is 9.90 Å². The third kappa shape index (κ3) is 5.86. The molecule has 5 nitrogen and oxygen atoms in total. The van der Waals surface area contributed by atoms with Gasteiger partial charge in [0.05, 0.1) is 12.3 Å². The number of fused-ring (bicyclic) bond motifs is 1. The van der Waals surface area contributed by atoms with Crippen molar-refractivity contribution in [1.29, 1.82) is 0 Å². The van der Waals surface area contributed by atoms with Crippen molar-refractivity contribution in [3.63, 3.8) is 0 Å². The monoisotopic (exact) mass is 419 g/mol. The van der Waals surface area contributed by atoms with Crippen molar-refractivity contribution in [2.24, 2.45) is 0 Å². The molecule has 1 N–H and O–H groups in total. The molecular formula is C26H29NO4. The molecule has 0 fully saturated rings. The van der Waals surface area contributed by atoms with Gasteiger partial charge in [-0.25, -0.2) is 4.79 Å². The molecular weight excluding hydrogens is 390 g/mol. The number of rotatable bonds is 6. The van der Waals surface area contributed by atoms with Gasteiger partial charge in [-0.2, -0.15) is 0 Å². The first-order valence-electron chi connectivity index (χ1n) is 10.3. The molecule has 162 valence electrons. The second-order valence-electron chi connectivity index (χ2n) is 8.31. The van der Waals surface area contributed by atoms with Crippen LogP contribution >= 0.6 is 0 Å². The van der Waals surface area contributed by atoms with Gasteiger partial charge >= 0.3 is 6.09 Å². The van der Waals surface area contributed by atoms with Crippen LogP contribution in [-0.2, 0) is 11.3 Å². The first-order chi connectivity index (χ1) is 14.8. The minimum Gasteiger partial charge on any atom is -0.488 e. The number of ether oxygens (including phenoxy) is 2. The zero-order chi connectivity index (χ0) is 22.4. The SMILES string of the molecule is Cc1cccc2c(OCc3ccccc3)cc(N(/C=C/CO)C(=O)OC(C)(C)C)cc12. The Morgan fingerprint density at radius 3 is 2.45 bits per heavy atom. The molecule has 3 aromatic carbocycles. The fraction of sp³-hybridized carbons (Fsp3) is 0.269. The lowest BCUT2D eigenvalue weighted by Gasteiger charge is -2.26. The number of aliphatic hydroxyl groups excluding tert-OH is 1. The van der Waals surface area contributed by atoms with Gasteiger partial charge in [-0.15, -0.1) is 0 Å². The first kappa shape index (κ1) is 22.4. The Morgan fingerprint density at radius 2 is 1.77 bits per heavy atom. The van der Waals surface area contributed by atoms with E-state index in [0.717, 1.165) is 21.9 Å². The number of hydrogen-bond acceptors (Lipinski definition) is 4. The van der Waals surface area contributed by atoms with Crippen molar-refractivity contribution in [3.8, 4) is 5.75 Å². The van der Waals surface area contributed by atoms with E-state index < -0.39 is 11.7 Å². The van der Waals surface area contributed by atoms with E-state index in [1.54, 1.807) is 0 Å². The molecule has 3 aromatic rings. The van der Waals surface area contributed by atoms with E-state index in [1.165, 1.54) is 17.2 Å². The molecule has 0 saturated carbocycles. The van der Waals surface area contributed by atoms with Crippen LogP contribution in [0.2, 0.25) is 0 Å². The van der Waals surface area contributed by atoms with E-state index in [4.69, 9.17) is 9.47 Å². The Morgan fingerprint density at radius 1 is 1.03 bits per heavy atom. The molecule has 0 heterocycles. The Bertz CT molecular complexity index is 1070. The van der Waals surface area contributed by atoms with Crippen molar-refractivity contribution in [2.75, 3.05) is 11.5 Å². The number of amides is 1. The molecule has 0 radical (unpaired) electrons. The molecule has 0 aliphatic heterocycles. The highest BCUT2D eigenvalue weighted by Gasteiger charge is 2.23. The van der Waals surface area contributed by atoms with Crippen molar-refractivity contribution in [3.05, 3.63) is 84.1 Å². The summed E-state index contributed by atoms with van der Waals surface area (Å²) in [6.45, 7) is 7.69. The predicted octanol–water partition coefficient (Wildman–Crippen LogP) is 5.97. The molecule has 3 rings (SSSR count). The van der Waals surface area contributed by atoms with Gasteiger partial charge in [0.25, 0.3) is 0 Å². The zero-order valence-corrected chi connectivity index (χ0v) is 18.5. The van der Waals surface area contributed by atoms with Crippen molar-refractivity contribution in [2.45, 2.75) is 39.9 Å². The molecule has 0 spiro atoms. The Hall–Kier alpha value is -3.31. The Kier molecular flexibility index (Phi) is 6.98. The summed E-state index contributed by atoms with van der Waals surface area (Å²) < 4.78 is 11.8. The lowest BCUT2D eigenvalue weighted by molar-refractivity contribution is 0.0596. The summed E-state index contributed by atoms with van der Waals surface area (Å²) in [6.07, 6.45) is 2.49. The molecule has 0 aromatic heterocycles. The normalized spacial score (nSPS) is 11.6. The summed E-state index contributed by atoms with van der Waals surface area (Å²) in [5, 5.41) is 11.2. The first-order valence-corrected chi connectivity index (χ1v) is 10.3. The van der Waals surface area contributed by atoms with E-state index in [2.05, 4.69) is 0 Å². The van der Waals surface area contributed by atoms with Crippen molar-refractivity contribution < 1.29 is 19.4 Å². The fourth-order valence-corrected chi connectivity index (χ4v) is 3.20. The van der Waals surface area contributed by atoms with Gasteiger partial charge in [0.15, 0.2) is 0 Å². The van der Waals surface area contributed by atoms with E-state index in [-0.39, 0.29) is 6.61 Å².